The molecule has 0 aliphatic carbocycles. The van der Waals surface area contributed by atoms with Crippen LogP contribution in [0, 0.1) is 5.82 Å². The molecule has 0 saturated heterocycles. The minimum absolute atomic E-state index is 0.0142. The monoisotopic (exact) mass is 522 g/mol. The molecule has 3 amide bonds. The van der Waals surface area contributed by atoms with Crippen LogP contribution in [0.2, 0.25) is 5.02 Å². The smallest absolute Gasteiger partial charge is 0.324 e. The van der Waals surface area contributed by atoms with Crippen molar-refractivity contribution < 1.29 is 18.7 Å². The van der Waals surface area contributed by atoms with Gasteiger partial charge in [0.25, 0.3) is 5.91 Å². The Labute approximate surface area is 217 Å². The first-order chi connectivity index (χ1) is 17.5. The molecule has 0 atom stereocenters. The third-order valence-electron chi connectivity index (χ3n) is 5.20. The van der Waals surface area contributed by atoms with Crippen molar-refractivity contribution in [3.8, 4) is 17.2 Å². The fourth-order valence-electron chi connectivity index (χ4n) is 3.29. The molecule has 4 N–H and O–H groups in total. The molecule has 2 heterocycles. The van der Waals surface area contributed by atoms with E-state index in [9.17, 15) is 14.0 Å². The zero-order chi connectivity index (χ0) is 26.7. The minimum atomic E-state index is -0.724. The highest BCUT2D eigenvalue weighted by Gasteiger charge is 2.22. The number of pyridine rings is 1. The van der Waals surface area contributed by atoms with Gasteiger partial charge in [0.15, 0.2) is 0 Å². The maximum atomic E-state index is 14.8. The van der Waals surface area contributed by atoms with Crippen molar-refractivity contribution in [3.05, 3.63) is 89.1 Å². The number of hydrogen-bond donors (Lipinski definition) is 3. The van der Waals surface area contributed by atoms with Gasteiger partial charge >= 0.3 is 6.03 Å². The van der Waals surface area contributed by atoms with E-state index in [1.54, 1.807) is 35.0 Å². The summed E-state index contributed by atoms with van der Waals surface area (Å²) in [6.07, 6.45) is 1.35. The van der Waals surface area contributed by atoms with Gasteiger partial charge in [0.05, 0.1) is 17.1 Å². The number of primary amides is 1. The van der Waals surface area contributed by atoms with E-state index >= 15 is 0 Å². The van der Waals surface area contributed by atoms with Gasteiger partial charge in [-0.3, -0.25) is 15.1 Å². The largest absolute Gasteiger partial charge is 0.457 e. The number of hydrogen-bond acceptors (Lipinski definition) is 5. The lowest BCUT2D eigenvalue weighted by Crippen LogP contribution is -2.22. The number of carbonyl (C=O) groups is 2. The summed E-state index contributed by atoms with van der Waals surface area (Å²) >= 11 is 6.01. The molecule has 0 bridgehead atoms. The second kappa shape index (κ2) is 10.3. The molecule has 0 radical (unpaired) electrons. The summed E-state index contributed by atoms with van der Waals surface area (Å²) in [4.78, 5) is 27.9. The normalized spacial score (nSPS) is 11.2. The first-order valence-electron chi connectivity index (χ1n) is 11.2. The van der Waals surface area contributed by atoms with Crippen molar-refractivity contribution in [2.75, 3.05) is 10.6 Å². The van der Waals surface area contributed by atoms with Crippen molar-refractivity contribution in [1.29, 1.82) is 0 Å². The fourth-order valence-corrected chi connectivity index (χ4v) is 3.42. The molecule has 0 aliphatic heterocycles. The Bertz CT molecular complexity index is 1460. The summed E-state index contributed by atoms with van der Waals surface area (Å²) < 4.78 is 21.9. The van der Waals surface area contributed by atoms with Gasteiger partial charge in [0, 0.05) is 34.8 Å². The first-order valence-corrected chi connectivity index (χ1v) is 11.5. The highest BCUT2D eigenvalue weighted by atomic mass is 35.5. The van der Waals surface area contributed by atoms with Gasteiger partial charge in [-0.15, -0.1) is 0 Å². The average Bonchev–Trinajstić information content (AvgIpc) is 3.26. The van der Waals surface area contributed by atoms with Crippen molar-refractivity contribution in [2.24, 2.45) is 5.73 Å². The lowest BCUT2D eigenvalue weighted by molar-refractivity contribution is 0.0995. The van der Waals surface area contributed by atoms with Crippen LogP contribution in [0.1, 0.15) is 37.0 Å². The van der Waals surface area contributed by atoms with Gasteiger partial charge in [-0.05, 0) is 42.5 Å². The Morgan fingerprint density at radius 3 is 2.35 bits per heavy atom. The molecular weight excluding hydrogens is 499 g/mol. The van der Waals surface area contributed by atoms with Crippen LogP contribution in [-0.4, -0.2) is 26.7 Å². The number of rotatable bonds is 6. The van der Waals surface area contributed by atoms with Crippen LogP contribution in [0.5, 0.6) is 11.5 Å². The first kappa shape index (κ1) is 25.6. The van der Waals surface area contributed by atoms with Crippen LogP contribution in [-0.2, 0) is 5.41 Å². The number of carbonyl (C=O) groups excluding carboxylic acids is 2. The maximum absolute atomic E-state index is 14.8. The number of halogens is 2. The van der Waals surface area contributed by atoms with Crippen LogP contribution >= 0.6 is 11.6 Å². The van der Waals surface area contributed by atoms with Gasteiger partial charge in [0.2, 0.25) is 0 Å². The fraction of sp³-hybridized carbons (Fsp3) is 0.154. The number of anilines is 2. The number of nitrogens with two attached hydrogens (primary N) is 1. The third-order valence-corrected chi connectivity index (χ3v) is 5.45. The highest BCUT2D eigenvalue weighted by Crippen LogP contribution is 2.28. The number of nitrogens with one attached hydrogen (secondary N) is 2. The summed E-state index contributed by atoms with van der Waals surface area (Å²) in [5.74, 6) is -0.631. The zero-order valence-corrected chi connectivity index (χ0v) is 21.0. The second-order valence-corrected chi connectivity index (χ2v) is 9.55. The summed E-state index contributed by atoms with van der Waals surface area (Å²) in [6, 6.07) is 14.9. The predicted octanol–water partition coefficient (Wildman–Crippen LogP) is 5.89. The van der Waals surface area contributed by atoms with Gasteiger partial charge in [-0.25, -0.2) is 13.9 Å². The van der Waals surface area contributed by atoms with E-state index < -0.39 is 17.8 Å². The third kappa shape index (κ3) is 6.22. The van der Waals surface area contributed by atoms with E-state index in [0.717, 1.165) is 11.8 Å². The topological polar surface area (TPSA) is 124 Å². The van der Waals surface area contributed by atoms with Gasteiger partial charge in [0.1, 0.15) is 28.8 Å². The molecule has 2 aromatic heterocycles. The average molecular weight is 523 g/mol. The van der Waals surface area contributed by atoms with E-state index in [2.05, 4.69) is 20.7 Å². The van der Waals surface area contributed by atoms with Gasteiger partial charge < -0.3 is 15.8 Å². The molecule has 37 heavy (non-hydrogen) atoms. The van der Waals surface area contributed by atoms with Gasteiger partial charge in [-0.1, -0.05) is 32.4 Å². The molecule has 0 saturated carbocycles. The SMILES string of the molecule is CC(C)(C)c1cc(NC(=O)Nc2ccc(Oc3ccnc(C(N)=O)c3)cc2F)n(-c2ccc(Cl)cc2)n1. The number of benzene rings is 2. The predicted molar refractivity (Wildman–Crippen MR) is 139 cm³/mol. The van der Waals surface area contributed by atoms with E-state index in [1.165, 1.54) is 30.5 Å². The standard InChI is InChI=1S/C26H24ClFN6O3/c1-26(2,3)22-14-23(34(33-22)16-6-4-15(27)5-7-16)32-25(36)31-20-9-8-17(12-19(20)28)37-18-10-11-30-21(13-18)24(29)35/h4-14H,1-3H3,(H2,29,35)(H2,31,32,36). The molecule has 11 heteroatoms. The number of amides is 3. The molecule has 4 aromatic rings. The minimum Gasteiger partial charge on any atom is -0.457 e. The molecule has 2 aromatic carbocycles. The number of aromatic nitrogens is 3. The summed E-state index contributed by atoms with van der Waals surface area (Å²) in [6.45, 7) is 6.02. The molecular formula is C26H24ClFN6O3. The Kier molecular flexibility index (Phi) is 7.12. The molecule has 9 nitrogen and oxygen atoms in total. The van der Waals surface area contributed by atoms with Crippen LogP contribution in [0.15, 0.2) is 66.9 Å². The molecule has 0 unspecified atom stereocenters. The number of nitrogens with zero attached hydrogens (tertiary/aromatic N) is 3. The van der Waals surface area contributed by atoms with Gasteiger partial charge in [-0.2, -0.15) is 5.10 Å². The highest BCUT2D eigenvalue weighted by molar-refractivity contribution is 6.30. The molecule has 0 fully saturated rings. The number of ether oxygens (including phenoxy) is 1. The Morgan fingerprint density at radius 1 is 1.00 bits per heavy atom. The van der Waals surface area contributed by atoms with Crippen LogP contribution in [0.4, 0.5) is 20.7 Å². The van der Waals surface area contributed by atoms with E-state index in [4.69, 9.17) is 22.1 Å². The molecule has 0 spiro atoms. The van der Waals surface area contributed by atoms with E-state index in [1.807, 2.05) is 20.8 Å². The van der Waals surface area contributed by atoms with Crippen molar-refractivity contribution in [3.63, 3.8) is 0 Å². The van der Waals surface area contributed by atoms with E-state index in [-0.39, 0.29) is 28.3 Å². The van der Waals surface area contributed by atoms with Crippen LogP contribution < -0.4 is 21.1 Å². The Morgan fingerprint density at radius 2 is 1.70 bits per heavy atom. The van der Waals surface area contributed by atoms with E-state index in [0.29, 0.717) is 16.5 Å². The molecule has 4 rings (SSSR count). The zero-order valence-electron chi connectivity index (χ0n) is 20.3. The van der Waals surface area contributed by atoms with Crippen molar-refractivity contribution in [2.45, 2.75) is 26.2 Å². The van der Waals surface area contributed by atoms with Crippen LogP contribution in [0.3, 0.4) is 0 Å². The van der Waals surface area contributed by atoms with Crippen molar-refractivity contribution in [1.82, 2.24) is 14.8 Å². The lowest BCUT2D eigenvalue weighted by Gasteiger charge is -2.14. The quantitative estimate of drug-likeness (QED) is 0.291. The summed E-state index contributed by atoms with van der Waals surface area (Å²) in [5, 5.41) is 10.4. The lowest BCUT2D eigenvalue weighted by atomic mass is 9.92. The second-order valence-electron chi connectivity index (χ2n) is 9.12. The number of urea groups is 1. The Hall–Kier alpha value is -4.44. The maximum Gasteiger partial charge on any atom is 0.324 e. The molecule has 190 valence electrons. The van der Waals surface area contributed by atoms with Crippen molar-refractivity contribution >= 4 is 35.0 Å². The Balaban J connectivity index is 1.51. The summed E-state index contributed by atoms with van der Waals surface area (Å²) in [5.41, 5.74) is 6.33. The van der Waals surface area contributed by atoms with Crippen LogP contribution in [0.25, 0.3) is 5.69 Å². The molecule has 0 aliphatic rings. The summed E-state index contributed by atoms with van der Waals surface area (Å²) in [7, 11) is 0.